The number of nitrogens with zero attached hydrogens (tertiary/aromatic N) is 3. The number of aromatic amines is 1. The van der Waals surface area contributed by atoms with Crippen LogP contribution in [0, 0.1) is 30.2 Å². The first-order valence-corrected chi connectivity index (χ1v) is 9.52. The average molecular weight is 358 g/mol. The fraction of sp³-hybridized carbons (Fsp3) is 0.409. The Bertz CT molecular complexity index is 992. The highest BCUT2D eigenvalue weighted by Crippen LogP contribution is 2.29. The molecular formula is C22H22N4O. The van der Waals surface area contributed by atoms with Crippen LogP contribution in [0.4, 0.5) is 11.6 Å². The molecule has 27 heavy (non-hydrogen) atoms. The van der Waals surface area contributed by atoms with Crippen LogP contribution in [0.25, 0.3) is 16.1 Å². The number of hydrogen-bond acceptors (Lipinski definition) is 3. The first-order valence-electron chi connectivity index (χ1n) is 9.52. The van der Waals surface area contributed by atoms with Gasteiger partial charge in [-0.25, -0.2) is 9.83 Å². The minimum atomic E-state index is -0.184. The molecule has 0 amide bonds. The second kappa shape index (κ2) is 7.29. The van der Waals surface area contributed by atoms with Gasteiger partial charge in [-0.3, -0.25) is 9.78 Å². The lowest BCUT2D eigenvalue weighted by Gasteiger charge is -2.30. The summed E-state index contributed by atoms with van der Waals surface area (Å²) in [5.74, 6) is 7.98. The van der Waals surface area contributed by atoms with Crippen LogP contribution in [0.3, 0.4) is 0 Å². The van der Waals surface area contributed by atoms with Crippen molar-refractivity contribution in [1.29, 1.82) is 0 Å². The van der Waals surface area contributed by atoms with Crippen LogP contribution < -0.4 is 10.5 Å². The second-order valence-electron chi connectivity index (χ2n) is 7.48. The molecule has 0 radical (unpaired) electrons. The van der Waals surface area contributed by atoms with E-state index in [-0.39, 0.29) is 5.56 Å². The molecule has 2 aliphatic rings. The number of anilines is 1. The molecule has 0 atom stereocenters. The van der Waals surface area contributed by atoms with Gasteiger partial charge in [0.25, 0.3) is 5.56 Å². The summed E-state index contributed by atoms with van der Waals surface area (Å²) in [5.41, 5.74) is 2.24. The summed E-state index contributed by atoms with van der Waals surface area (Å²) < 4.78 is 0. The van der Waals surface area contributed by atoms with E-state index in [1.54, 1.807) is 12.1 Å². The minimum Gasteiger partial charge on any atom is -0.342 e. The van der Waals surface area contributed by atoms with E-state index in [0.717, 1.165) is 44.3 Å². The molecule has 5 nitrogen and oxygen atoms in total. The Morgan fingerprint density at radius 1 is 1.19 bits per heavy atom. The maximum Gasteiger partial charge on any atom is 0.268 e. The number of piperidine rings is 1. The molecule has 0 unspecified atom stereocenters. The Hall–Kier alpha value is -3.05. The third-order valence-electron chi connectivity index (χ3n) is 5.24. The lowest BCUT2D eigenvalue weighted by Crippen LogP contribution is -2.35. The van der Waals surface area contributed by atoms with E-state index in [4.69, 9.17) is 11.6 Å². The van der Waals surface area contributed by atoms with E-state index in [1.807, 2.05) is 12.1 Å². The van der Waals surface area contributed by atoms with Gasteiger partial charge in [0.2, 0.25) is 5.95 Å². The third-order valence-corrected chi connectivity index (χ3v) is 5.24. The molecule has 1 aliphatic carbocycles. The number of benzene rings is 1. The van der Waals surface area contributed by atoms with Crippen LogP contribution in [0.5, 0.6) is 0 Å². The van der Waals surface area contributed by atoms with E-state index in [2.05, 4.69) is 33.5 Å². The Balaban J connectivity index is 1.78. The average Bonchev–Trinajstić information content (AvgIpc) is 3.52. The van der Waals surface area contributed by atoms with Gasteiger partial charge in [-0.15, -0.1) is 0 Å². The molecule has 0 bridgehead atoms. The normalized spacial score (nSPS) is 17.1. The molecule has 1 aromatic carbocycles. The zero-order valence-electron chi connectivity index (χ0n) is 15.5. The van der Waals surface area contributed by atoms with Crippen LogP contribution in [0.1, 0.15) is 38.2 Å². The number of rotatable bonds is 2. The van der Waals surface area contributed by atoms with Gasteiger partial charge in [-0.2, -0.15) is 0 Å². The van der Waals surface area contributed by atoms with Gasteiger partial charge in [0.1, 0.15) is 5.56 Å². The van der Waals surface area contributed by atoms with Crippen molar-refractivity contribution in [3.05, 3.63) is 51.6 Å². The van der Waals surface area contributed by atoms with Gasteiger partial charge < -0.3 is 4.90 Å². The molecule has 2 fully saturated rings. The molecule has 1 aromatic heterocycles. The SMILES string of the molecule is [C-]#[N+]c1ccc(-c2nc(N3CCC(C)CC3)[nH]c(=O)c2C#CC2CC2)cc1. The summed E-state index contributed by atoms with van der Waals surface area (Å²) >= 11 is 0. The van der Waals surface area contributed by atoms with E-state index in [0.29, 0.717) is 34.7 Å². The lowest BCUT2D eigenvalue weighted by atomic mass is 9.99. The predicted molar refractivity (Wildman–Crippen MR) is 107 cm³/mol. The van der Waals surface area contributed by atoms with E-state index in [1.165, 1.54) is 0 Å². The fourth-order valence-electron chi connectivity index (χ4n) is 3.25. The van der Waals surface area contributed by atoms with E-state index in [9.17, 15) is 4.79 Å². The quantitative estimate of drug-likeness (QED) is 0.652. The Labute approximate surface area is 159 Å². The zero-order chi connectivity index (χ0) is 18.8. The molecular weight excluding hydrogens is 336 g/mol. The monoisotopic (exact) mass is 358 g/mol. The Morgan fingerprint density at radius 3 is 2.52 bits per heavy atom. The van der Waals surface area contributed by atoms with Crippen molar-refractivity contribution in [2.75, 3.05) is 18.0 Å². The second-order valence-corrected chi connectivity index (χ2v) is 7.48. The summed E-state index contributed by atoms with van der Waals surface area (Å²) in [7, 11) is 0. The number of hydrogen-bond donors (Lipinski definition) is 1. The van der Waals surface area contributed by atoms with Gasteiger partial charge in [0.05, 0.1) is 12.3 Å². The number of nitrogens with one attached hydrogen (secondary N) is 1. The first kappa shape index (κ1) is 17.4. The summed E-state index contributed by atoms with van der Waals surface area (Å²) in [6.07, 6.45) is 4.42. The van der Waals surface area contributed by atoms with Gasteiger partial charge in [0, 0.05) is 19.0 Å². The smallest absolute Gasteiger partial charge is 0.268 e. The number of H-pyrrole nitrogens is 1. The Morgan fingerprint density at radius 2 is 1.89 bits per heavy atom. The van der Waals surface area contributed by atoms with Gasteiger partial charge in [-0.1, -0.05) is 43.0 Å². The third kappa shape index (κ3) is 3.88. The minimum absolute atomic E-state index is 0.184. The molecule has 136 valence electrons. The largest absolute Gasteiger partial charge is 0.342 e. The van der Waals surface area contributed by atoms with Crippen molar-refractivity contribution in [3.63, 3.8) is 0 Å². The molecule has 5 heteroatoms. The first-order chi connectivity index (χ1) is 13.1. The Kier molecular flexibility index (Phi) is 4.69. The van der Waals surface area contributed by atoms with Gasteiger partial charge in [0.15, 0.2) is 5.69 Å². The van der Waals surface area contributed by atoms with Crippen LogP contribution in [-0.4, -0.2) is 23.1 Å². The van der Waals surface area contributed by atoms with Crippen molar-refractivity contribution >= 4 is 11.6 Å². The van der Waals surface area contributed by atoms with Gasteiger partial charge >= 0.3 is 0 Å². The summed E-state index contributed by atoms with van der Waals surface area (Å²) in [5, 5.41) is 0. The van der Waals surface area contributed by atoms with Gasteiger partial charge in [-0.05, 0) is 37.2 Å². The highest BCUT2D eigenvalue weighted by atomic mass is 16.1. The summed E-state index contributed by atoms with van der Waals surface area (Å²) in [6.45, 7) is 11.2. The van der Waals surface area contributed by atoms with Crippen LogP contribution >= 0.6 is 0 Å². The maximum atomic E-state index is 12.8. The fourth-order valence-corrected chi connectivity index (χ4v) is 3.25. The van der Waals surface area contributed by atoms with E-state index >= 15 is 0 Å². The van der Waals surface area contributed by atoms with Crippen molar-refractivity contribution in [1.82, 2.24) is 9.97 Å². The zero-order valence-corrected chi connectivity index (χ0v) is 15.5. The molecule has 1 aliphatic heterocycles. The molecule has 1 N–H and O–H groups in total. The molecule has 1 saturated carbocycles. The highest BCUT2D eigenvalue weighted by Gasteiger charge is 2.21. The van der Waals surface area contributed by atoms with Crippen molar-refractivity contribution in [3.8, 4) is 23.1 Å². The standard InChI is InChI=1S/C22H22N4O/c1-15-11-13-26(14-12-15)22-24-20(17-6-8-18(23-2)9-7-17)19(21(27)25-22)10-5-16-3-4-16/h6-9,15-16H,3-4,11-14H2,1H3,(H,24,25,27). The van der Waals surface area contributed by atoms with Crippen molar-refractivity contribution < 1.29 is 0 Å². The maximum absolute atomic E-state index is 12.8. The molecule has 4 rings (SSSR count). The van der Waals surface area contributed by atoms with E-state index < -0.39 is 0 Å². The highest BCUT2D eigenvalue weighted by molar-refractivity contribution is 5.70. The van der Waals surface area contributed by atoms with Crippen LogP contribution in [0.2, 0.25) is 0 Å². The molecule has 2 heterocycles. The van der Waals surface area contributed by atoms with Crippen molar-refractivity contribution in [2.45, 2.75) is 32.6 Å². The molecule has 2 aromatic rings. The lowest BCUT2D eigenvalue weighted by molar-refractivity contribution is 0.434. The molecule has 1 saturated heterocycles. The van der Waals surface area contributed by atoms with Crippen LogP contribution in [0.15, 0.2) is 29.1 Å². The predicted octanol–water partition coefficient (Wildman–Crippen LogP) is 3.99. The number of aromatic nitrogens is 2. The summed E-state index contributed by atoms with van der Waals surface area (Å²) in [6, 6.07) is 7.20. The molecule has 0 spiro atoms. The topological polar surface area (TPSA) is 53.4 Å². The van der Waals surface area contributed by atoms with Crippen molar-refractivity contribution in [2.24, 2.45) is 11.8 Å². The summed E-state index contributed by atoms with van der Waals surface area (Å²) in [4.78, 5) is 26.2. The van der Waals surface area contributed by atoms with Crippen LogP contribution in [-0.2, 0) is 0 Å².